The van der Waals surface area contributed by atoms with Gasteiger partial charge in [-0.3, -0.25) is 0 Å². The SMILES string of the molecule is Cc1cc(C)cc(CNC(=O)N2CCN(C)CC2)c1. The fourth-order valence-electron chi connectivity index (χ4n) is 2.47. The highest BCUT2D eigenvalue weighted by atomic mass is 16.2. The second kappa shape index (κ2) is 6.06. The van der Waals surface area contributed by atoms with Crippen molar-refractivity contribution >= 4 is 6.03 Å². The summed E-state index contributed by atoms with van der Waals surface area (Å²) < 4.78 is 0. The van der Waals surface area contributed by atoms with Crippen LogP contribution in [0.4, 0.5) is 4.79 Å². The minimum atomic E-state index is 0.0484. The first-order valence-electron chi connectivity index (χ1n) is 6.83. The summed E-state index contributed by atoms with van der Waals surface area (Å²) in [6, 6.07) is 6.44. The van der Waals surface area contributed by atoms with Crippen LogP contribution in [-0.2, 0) is 6.54 Å². The van der Waals surface area contributed by atoms with E-state index in [1.54, 1.807) is 0 Å². The summed E-state index contributed by atoms with van der Waals surface area (Å²) in [5.41, 5.74) is 3.65. The van der Waals surface area contributed by atoms with E-state index in [4.69, 9.17) is 0 Å². The molecule has 1 aromatic rings. The van der Waals surface area contributed by atoms with E-state index in [1.807, 2.05) is 4.90 Å². The summed E-state index contributed by atoms with van der Waals surface area (Å²) in [7, 11) is 2.09. The zero-order valence-corrected chi connectivity index (χ0v) is 12.1. The van der Waals surface area contributed by atoms with Crippen LogP contribution in [0, 0.1) is 13.8 Å². The Kier molecular flexibility index (Phi) is 4.43. The molecule has 0 radical (unpaired) electrons. The molecule has 19 heavy (non-hydrogen) atoms. The largest absolute Gasteiger partial charge is 0.334 e. The number of piperazine rings is 1. The van der Waals surface area contributed by atoms with Crippen molar-refractivity contribution in [3.63, 3.8) is 0 Å². The number of carbonyl (C=O) groups is 1. The first-order valence-corrected chi connectivity index (χ1v) is 6.83. The lowest BCUT2D eigenvalue weighted by atomic mass is 10.1. The van der Waals surface area contributed by atoms with E-state index < -0.39 is 0 Å². The minimum absolute atomic E-state index is 0.0484. The molecule has 1 aromatic carbocycles. The van der Waals surface area contributed by atoms with Crippen LogP contribution in [0.1, 0.15) is 16.7 Å². The Hall–Kier alpha value is -1.55. The summed E-state index contributed by atoms with van der Waals surface area (Å²) >= 11 is 0. The molecule has 4 heteroatoms. The van der Waals surface area contributed by atoms with Gasteiger partial charge in [0.2, 0.25) is 0 Å². The summed E-state index contributed by atoms with van der Waals surface area (Å²) in [5.74, 6) is 0. The Labute approximate surface area is 115 Å². The third-order valence-corrected chi connectivity index (χ3v) is 3.52. The van der Waals surface area contributed by atoms with E-state index in [2.05, 4.69) is 49.3 Å². The molecule has 1 saturated heterocycles. The number of benzene rings is 1. The van der Waals surface area contributed by atoms with Gasteiger partial charge in [0.05, 0.1) is 0 Å². The van der Waals surface area contributed by atoms with E-state index in [-0.39, 0.29) is 6.03 Å². The van der Waals surface area contributed by atoms with Crippen molar-refractivity contribution in [3.05, 3.63) is 34.9 Å². The third-order valence-electron chi connectivity index (χ3n) is 3.52. The topological polar surface area (TPSA) is 35.6 Å². The van der Waals surface area contributed by atoms with Gasteiger partial charge >= 0.3 is 6.03 Å². The van der Waals surface area contributed by atoms with Gasteiger partial charge in [0, 0.05) is 32.7 Å². The number of amides is 2. The Balaban J connectivity index is 1.86. The van der Waals surface area contributed by atoms with Crippen molar-refractivity contribution in [3.8, 4) is 0 Å². The Bertz CT molecular complexity index is 430. The molecule has 0 unspecified atom stereocenters. The predicted molar refractivity (Wildman–Crippen MR) is 77.2 cm³/mol. The van der Waals surface area contributed by atoms with Crippen LogP contribution in [-0.4, -0.2) is 49.1 Å². The molecule has 0 saturated carbocycles. The van der Waals surface area contributed by atoms with Gasteiger partial charge in [-0.2, -0.15) is 0 Å². The van der Waals surface area contributed by atoms with Crippen molar-refractivity contribution < 1.29 is 4.79 Å². The molecule has 0 aliphatic carbocycles. The summed E-state index contributed by atoms with van der Waals surface area (Å²) in [6.45, 7) is 8.31. The quantitative estimate of drug-likeness (QED) is 0.880. The van der Waals surface area contributed by atoms with Crippen molar-refractivity contribution in [1.82, 2.24) is 15.1 Å². The summed E-state index contributed by atoms with van der Waals surface area (Å²) in [5, 5.41) is 3.01. The molecule has 1 fully saturated rings. The molecule has 1 heterocycles. The van der Waals surface area contributed by atoms with E-state index in [9.17, 15) is 4.79 Å². The van der Waals surface area contributed by atoms with E-state index >= 15 is 0 Å². The molecular formula is C15H23N3O. The molecular weight excluding hydrogens is 238 g/mol. The second-order valence-electron chi connectivity index (χ2n) is 5.44. The highest BCUT2D eigenvalue weighted by Gasteiger charge is 2.18. The first-order chi connectivity index (χ1) is 9.04. The van der Waals surface area contributed by atoms with E-state index in [1.165, 1.54) is 16.7 Å². The lowest BCUT2D eigenvalue weighted by Crippen LogP contribution is -2.50. The molecule has 1 N–H and O–H groups in total. The van der Waals surface area contributed by atoms with Gasteiger partial charge in [-0.15, -0.1) is 0 Å². The molecule has 1 aliphatic rings. The van der Waals surface area contributed by atoms with Crippen molar-refractivity contribution in [2.75, 3.05) is 33.2 Å². The average Bonchev–Trinajstić information content (AvgIpc) is 2.36. The van der Waals surface area contributed by atoms with Crippen LogP contribution in [0.25, 0.3) is 0 Å². The molecule has 2 amide bonds. The smallest absolute Gasteiger partial charge is 0.317 e. The zero-order chi connectivity index (χ0) is 13.8. The summed E-state index contributed by atoms with van der Waals surface area (Å²) in [4.78, 5) is 16.2. The number of hydrogen-bond donors (Lipinski definition) is 1. The maximum atomic E-state index is 12.0. The maximum Gasteiger partial charge on any atom is 0.317 e. The Morgan fingerprint density at radius 2 is 1.68 bits per heavy atom. The monoisotopic (exact) mass is 261 g/mol. The molecule has 4 nitrogen and oxygen atoms in total. The minimum Gasteiger partial charge on any atom is -0.334 e. The van der Waals surface area contributed by atoms with E-state index in [0.29, 0.717) is 6.54 Å². The van der Waals surface area contributed by atoms with Crippen LogP contribution in [0.15, 0.2) is 18.2 Å². The number of aryl methyl sites for hydroxylation is 2. The van der Waals surface area contributed by atoms with E-state index in [0.717, 1.165) is 26.2 Å². The average molecular weight is 261 g/mol. The lowest BCUT2D eigenvalue weighted by molar-refractivity contribution is 0.154. The summed E-state index contributed by atoms with van der Waals surface area (Å²) in [6.07, 6.45) is 0. The number of rotatable bonds is 2. The Morgan fingerprint density at radius 3 is 2.26 bits per heavy atom. The number of likely N-dealkylation sites (N-methyl/N-ethyl adjacent to an activating group) is 1. The molecule has 2 rings (SSSR count). The number of urea groups is 1. The van der Waals surface area contributed by atoms with Crippen molar-refractivity contribution in [2.24, 2.45) is 0 Å². The standard InChI is InChI=1S/C15H23N3O/c1-12-8-13(2)10-14(9-12)11-16-15(19)18-6-4-17(3)5-7-18/h8-10H,4-7,11H2,1-3H3,(H,16,19). The van der Waals surface area contributed by atoms with Gasteiger partial charge in [-0.25, -0.2) is 4.79 Å². The number of hydrogen-bond acceptors (Lipinski definition) is 2. The predicted octanol–water partition coefficient (Wildman–Crippen LogP) is 1.76. The number of nitrogens with zero attached hydrogens (tertiary/aromatic N) is 2. The third kappa shape index (κ3) is 3.96. The van der Waals surface area contributed by atoms with Gasteiger partial charge in [-0.1, -0.05) is 29.3 Å². The number of nitrogens with one attached hydrogen (secondary N) is 1. The van der Waals surface area contributed by atoms with Crippen molar-refractivity contribution in [2.45, 2.75) is 20.4 Å². The molecule has 104 valence electrons. The van der Waals surface area contributed by atoms with Crippen LogP contribution in [0.3, 0.4) is 0 Å². The number of carbonyl (C=O) groups excluding carboxylic acids is 1. The normalized spacial score (nSPS) is 16.5. The van der Waals surface area contributed by atoms with Crippen LogP contribution in [0.2, 0.25) is 0 Å². The van der Waals surface area contributed by atoms with Gasteiger partial charge in [0.25, 0.3) is 0 Å². The highest BCUT2D eigenvalue weighted by Crippen LogP contribution is 2.09. The molecule has 0 atom stereocenters. The van der Waals surface area contributed by atoms with Gasteiger partial charge in [0.15, 0.2) is 0 Å². The maximum absolute atomic E-state index is 12.0. The van der Waals surface area contributed by atoms with Crippen LogP contribution >= 0.6 is 0 Å². The van der Waals surface area contributed by atoms with Gasteiger partial charge in [-0.05, 0) is 26.5 Å². The molecule has 1 aliphatic heterocycles. The fraction of sp³-hybridized carbons (Fsp3) is 0.533. The highest BCUT2D eigenvalue weighted by molar-refractivity contribution is 5.74. The van der Waals surface area contributed by atoms with Crippen molar-refractivity contribution in [1.29, 1.82) is 0 Å². The molecule has 0 bridgehead atoms. The zero-order valence-electron chi connectivity index (χ0n) is 12.1. The fourth-order valence-corrected chi connectivity index (χ4v) is 2.47. The lowest BCUT2D eigenvalue weighted by Gasteiger charge is -2.32. The van der Waals surface area contributed by atoms with Gasteiger partial charge in [0.1, 0.15) is 0 Å². The van der Waals surface area contributed by atoms with Crippen LogP contribution < -0.4 is 5.32 Å². The van der Waals surface area contributed by atoms with Crippen LogP contribution in [0.5, 0.6) is 0 Å². The second-order valence-corrected chi connectivity index (χ2v) is 5.44. The molecule has 0 spiro atoms. The van der Waals surface area contributed by atoms with Gasteiger partial charge < -0.3 is 15.1 Å². The molecule has 0 aromatic heterocycles. The first kappa shape index (κ1) is 13.9. The Morgan fingerprint density at radius 1 is 1.11 bits per heavy atom.